The van der Waals surface area contributed by atoms with Crippen LogP contribution in [0.1, 0.15) is 71.1 Å². The van der Waals surface area contributed by atoms with E-state index in [2.05, 4.69) is 16.4 Å². The van der Waals surface area contributed by atoms with Crippen molar-refractivity contribution in [3.63, 3.8) is 0 Å². The summed E-state index contributed by atoms with van der Waals surface area (Å²) >= 11 is 0. The monoisotopic (exact) mass is 321 g/mol. The van der Waals surface area contributed by atoms with E-state index in [1.807, 2.05) is 0 Å². The Morgan fingerprint density at radius 2 is 1.48 bits per heavy atom. The van der Waals surface area contributed by atoms with Crippen LogP contribution >= 0.6 is 0 Å². The van der Waals surface area contributed by atoms with Gasteiger partial charge in [-0.1, -0.05) is 58.3 Å². The molecule has 6 heteroatoms. The summed E-state index contributed by atoms with van der Waals surface area (Å²) in [5.41, 5.74) is 0. The zero-order chi connectivity index (χ0) is 16.0. The molecule has 0 rings (SSSR count). The van der Waals surface area contributed by atoms with Crippen molar-refractivity contribution in [3.05, 3.63) is 0 Å². The molecule has 0 amide bonds. The predicted octanol–water partition coefficient (Wildman–Crippen LogP) is 3.00. The zero-order valence-corrected chi connectivity index (χ0v) is 14.3. The first-order chi connectivity index (χ1) is 10.0. The Morgan fingerprint density at radius 1 is 0.952 bits per heavy atom. The van der Waals surface area contributed by atoms with Gasteiger partial charge in [-0.05, 0) is 13.5 Å². The highest BCUT2D eigenvalue weighted by molar-refractivity contribution is 7.87. The highest BCUT2D eigenvalue weighted by atomic mass is 32.2. The van der Waals surface area contributed by atoms with Crippen LogP contribution in [0.3, 0.4) is 0 Å². The SMILES string of the molecule is CCCCCCCCCCCC(=O)OS(=O)(=O)CCNC. The second-order valence-electron chi connectivity index (χ2n) is 5.40. The number of hydrogen-bond acceptors (Lipinski definition) is 5. The normalized spacial score (nSPS) is 11.5. The van der Waals surface area contributed by atoms with E-state index in [0.29, 0.717) is 6.42 Å². The molecule has 0 aliphatic rings. The van der Waals surface area contributed by atoms with Gasteiger partial charge in [-0.15, -0.1) is 0 Å². The van der Waals surface area contributed by atoms with Gasteiger partial charge in [-0.25, -0.2) is 0 Å². The molecule has 0 aliphatic carbocycles. The van der Waals surface area contributed by atoms with Gasteiger partial charge in [0.1, 0.15) is 0 Å². The molecule has 0 bridgehead atoms. The Hall–Kier alpha value is -0.620. The number of unbranched alkanes of at least 4 members (excludes halogenated alkanes) is 8. The van der Waals surface area contributed by atoms with Gasteiger partial charge in [0.15, 0.2) is 0 Å². The third kappa shape index (κ3) is 14.1. The minimum Gasteiger partial charge on any atom is -0.346 e. The van der Waals surface area contributed by atoms with E-state index in [4.69, 9.17) is 0 Å². The summed E-state index contributed by atoms with van der Waals surface area (Å²) in [6.07, 6.45) is 10.6. The van der Waals surface area contributed by atoms with Gasteiger partial charge in [0.25, 0.3) is 0 Å². The lowest BCUT2D eigenvalue weighted by Gasteiger charge is -2.05. The lowest BCUT2D eigenvalue weighted by molar-refractivity contribution is -0.133. The number of nitrogens with one attached hydrogen (secondary N) is 1. The smallest absolute Gasteiger partial charge is 0.322 e. The number of carbonyl (C=O) groups is 1. The molecule has 0 aromatic rings. The van der Waals surface area contributed by atoms with Gasteiger partial charge in [-0.3, -0.25) is 4.79 Å². The molecular formula is C15H31NO4S. The molecule has 0 fully saturated rings. The minimum absolute atomic E-state index is 0.174. The third-order valence-corrected chi connectivity index (χ3v) is 4.45. The first-order valence-corrected chi connectivity index (χ1v) is 9.69. The van der Waals surface area contributed by atoms with Crippen molar-refractivity contribution in [3.8, 4) is 0 Å². The van der Waals surface area contributed by atoms with Crippen molar-refractivity contribution >= 4 is 16.1 Å². The van der Waals surface area contributed by atoms with E-state index < -0.39 is 16.1 Å². The Balaban J connectivity index is 3.49. The standard InChI is InChI=1S/C15H31NO4S/c1-3-4-5-6-7-8-9-10-11-12-15(17)20-21(18,19)14-13-16-2/h16H,3-14H2,1-2H3. The second-order valence-corrected chi connectivity index (χ2v) is 7.09. The van der Waals surface area contributed by atoms with Crippen molar-refractivity contribution in [2.75, 3.05) is 19.3 Å². The molecule has 0 aliphatic heterocycles. The van der Waals surface area contributed by atoms with Crippen molar-refractivity contribution in [2.45, 2.75) is 71.1 Å². The first-order valence-electron chi connectivity index (χ1n) is 8.11. The summed E-state index contributed by atoms with van der Waals surface area (Å²) in [5, 5.41) is 2.71. The van der Waals surface area contributed by atoms with E-state index in [1.165, 1.54) is 38.5 Å². The van der Waals surface area contributed by atoms with Crippen LogP contribution in [0.4, 0.5) is 0 Å². The first kappa shape index (κ1) is 20.4. The van der Waals surface area contributed by atoms with Gasteiger partial charge >= 0.3 is 16.1 Å². The van der Waals surface area contributed by atoms with Gasteiger partial charge in [0.05, 0.1) is 5.75 Å². The summed E-state index contributed by atoms with van der Waals surface area (Å²) in [5.74, 6) is -0.804. The average Bonchev–Trinajstić information content (AvgIpc) is 2.43. The molecule has 0 saturated carbocycles. The molecule has 0 atom stereocenters. The minimum atomic E-state index is -3.72. The van der Waals surface area contributed by atoms with Crippen LogP contribution in [-0.4, -0.2) is 33.7 Å². The van der Waals surface area contributed by atoms with Crippen LogP contribution < -0.4 is 5.32 Å². The van der Waals surface area contributed by atoms with Crippen LogP contribution in [0.2, 0.25) is 0 Å². The van der Waals surface area contributed by atoms with Crippen molar-refractivity contribution in [1.29, 1.82) is 0 Å². The second kappa shape index (κ2) is 13.1. The maximum Gasteiger partial charge on any atom is 0.322 e. The van der Waals surface area contributed by atoms with Crippen LogP contribution in [0.15, 0.2) is 0 Å². The van der Waals surface area contributed by atoms with E-state index in [0.717, 1.165) is 12.8 Å². The summed E-state index contributed by atoms with van der Waals surface area (Å²) in [6.45, 7) is 2.49. The Kier molecular flexibility index (Phi) is 12.7. The fourth-order valence-electron chi connectivity index (χ4n) is 2.03. The highest BCUT2D eigenvalue weighted by Crippen LogP contribution is 2.11. The summed E-state index contributed by atoms with van der Waals surface area (Å²) in [4.78, 5) is 11.4. The van der Waals surface area contributed by atoms with E-state index >= 15 is 0 Å². The Labute approximate surface area is 130 Å². The molecule has 21 heavy (non-hydrogen) atoms. The van der Waals surface area contributed by atoms with Crippen molar-refractivity contribution in [1.82, 2.24) is 5.32 Å². The summed E-state index contributed by atoms with van der Waals surface area (Å²) in [7, 11) is -2.06. The van der Waals surface area contributed by atoms with Gasteiger partial charge in [0.2, 0.25) is 0 Å². The highest BCUT2D eigenvalue weighted by Gasteiger charge is 2.15. The summed E-state index contributed by atoms with van der Waals surface area (Å²) < 4.78 is 27.3. The Morgan fingerprint density at radius 3 is 2.00 bits per heavy atom. The van der Waals surface area contributed by atoms with E-state index in [9.17, 15) is 13.2 Å². The molecule has 5 nitrogen and oxygen atoms in total. The van der Waals surface area contributed by atoms with E-state index in [1.54, 1.807) is 7.05 Å². The maximum absolute atomic E-state index is 11.4. The molecule has 0 saturated heterocycles. The molecule has 0 radical (unpaired) electrons. The van der Waals surface area contributed by atoms with Crippen LogP contribution in [0.25, 0.3) is 0 Å². The molecule has 0 heterocycles. The van der Waals surface area contributed by atoms with Crippen LogP contribution in [-0.2, 0) is 19.1 Å². The fourth-order valence-corrected chi connectivity index (χ4v) is 2.94. The molecule has 0 spiro atoms. The number of carbonyl (C=O) groups excluding carboxylic acids is 1. The predicted molar refractivity (Wildman–Crippen MR) is 85.6 cm³/mol. The average molecular weight is 321 g/mol. The van der Waals surface area contributed by atoms with Gasteiger partial charge in [-0.2, -0.15) is 8.42 Å². The maximum atomic E-state index is 11.4. The van der Waals surface area contributed by atoms with Crippen LogP contribution in [0.5, 0.6) is 0 Å². The van der Waals surface area contributed by atoms with Crippen molar-refractivity contribution in [2.24, 2.45) is 0 Å². The van der Waals surface area contributed by atoms with Crippen LogP contribution in [0, 0.1) is 0 Å². The molecule has 0 aromatic heterocycles. The topological polar surface area (TPSA) is 72.5 Å². The van der Waals surface area contributed by atoms with Gasteiger partial charge < -0.3 is 9.50 Å². The zero-order valence-electron chi connectivity index (χ0n) is 13.5. The van der Waals surface area contributed by atoms with Gasteiger partial charge in [0, 0.05) is 13.0 Å². The molecule has 126 valence electrons. The molecule has 0 aromatic carbocycles. The fraction of sp³-hybridized carbons (Fsp3) is 0.933. The molecular weight excluding hydrogens is 290 g/mol. The largest absolute Gasteiger partial charge is 0.346 e. The number of hydrogen-bond donors (Lipinski definition) is 1. The lowest BCUT2D eigenvalue weighted by Crippen LogP contribution is -2.23. The van der Waals surface area contributed by atoms with Crippen molar-refractivity contribution < 1.29 is 17.4 Å². The quantitative estimate of drug-likeness (QED) is 0.393. The number of rotatable bonds is 14. The lowest BCUT2D eigenvalue weighted by atomic mass is 10.1. The third-order valence-electron chi connectivity index (χ3n) is 3.31. The Bertz CT molecular complexity index is 355. The summed E-state index contributed by atoms with van der Waals surface area (Å²) in [6, 6.07) is 0. The van der Waals surface area contributed by atoms with E-state index in [-0.39, 0.29) is 18.7 Å². The molecule has 1 N–H and O–H groups in total. The molecule has 0 unspecified atom stereocenters.